The highest BCUT2D eigenvalue weighted by molar-refractivity contribution is 7.96. The topological polar surface area (TPSA) is 76.0 Å². The maximum absolute atomic E-state index is 12.2. The molecule has 1 aliphatic heterocycles. The fourth-order valence-corrected chi connectivity index (χ4v) is 3.69. The molecule has 0 fully saturated rings. The van der Waals surface area contributed by atoms with Crippen molar-refractivity contribution in [1.29, 1.82) is 0 Å². The van der Waals surface area contributed by atoms with Crippen molar-refractivity contribution in [3.63, 3.8) is 0 Å². The number of aliphatic hydroxyl groups excluding tert-OH is 1. The number of aliphatic imine (C=N–C) groups is 1. The van der Waals surface area contributed by atoms with Crippen LogP contribution in [0.4, 0.5) is 0 Å². The van der Waals surface area contributed by atoms with Crippen molar-refractivity contribution in [1.82, 2.24) is 0 Å². The Hall–Kier alpha value is -1.50. The third-order valence-electron chi connectivity index (χ3n) is 2.69. The number of rotatable bonds is 2. The zero-order valence-corrected chi connectivity index (χ0v) is 13.4. The second-order valence-corrected chi connectivity index (χ2v) is 6.46. The Morgan fingerprint density at radius 3 is 2.57 bits per heavy atom. The number of allylic oxidation sites excluding steroid dienone is 1. The minimum atomic E-state index is -4.19. The summed E-state index contributed by atoms with van der Waals surface area (Å²) in [6.45, 7) is 3.03. The van der Waals surface area contributed by atoms with Crippen LogP contribution >= 0.6 is 23.2 Å². The van der Waals surface area contributed by atoms with E-state index in [1.807, 2.05) is 0 Å². The van der Waals surface area contributed by atoms with Crippen LogP contribution in [0.5, 0.6) is 0 Å². The van der Waals surface area contributed by atoms with Crippen LogP contribution in [-0.4, -0.2) is 19.7 Å². The second-order valence-electron chi connectivity index (χ2n) is 4.13. The Balaban J connectivity index is 2.79. The van der Waals surface area contributed by atoms with Crippen molar-refractivity contribution in [3.05, 3.63) is 51.0 Å². The average molecular weight is 348 g/mol. The molecule has 0 saturated heterocycles. The van der Waals surface area contributed by atoms with Crippen LogP contribution in [0.15, 0.2) is 40.4 Å². The molecule has 0 aromatic heterocycles. The molecule has 1 aliphatic rings. The Bertz CT molecular complexity index is 794. The van der Waals surface area contributed by atoms with Gasteiger partial charge < -0.3 is 9.29 Å². The van der Waals surface area contributed by atoms with Crippen molar-refractivity contribution in [2.45, 2.75) is 13.8 Å². The van der Waals surface area contributed by atoms with Crippen molar-refractivity contribution in [2.24, 2.45) is 4.99 Å². The monoisotopic (exact) mass is 347 g/mol. The molecule has 112 valence electrons. The Kier molecular flexibility index (Phi) is 4.32. The largest absolute Gasteiger partial charge is 0.504 e. The van der Waals surface area contributed by atoms with Gasteiger partial charge in [-0.1, -0.05) is 29.3 Å². The second kappa shape index (κ2) is 5.71. The normalized spacial score (nSPS) is 18.3. The van der Waals surface area contributed by atoms with E-state index in [2.05, 4.69) is 4.99 Å². The number of nitrogens with zero attached hydrogens (tertiary/aromatic N) is 1. The molecule has 0 spiro atoms. The summed E-state index contributed by atoms with van der Waals surface area (Å²) in [5, 5.41) is 10.7. The highest BCUT2D eigenvalue weighted by Crippen LogP contribution is 2.39. The van der Waals surface area contributed by atoms with E-state index >= 15 is 0 Å². The Labute approximate surface area is 132 Å². The van der Waals surface area contributed by atoms with Gasteiger partial charge in [0.1, 0.15) is 11.5 Å². The van der Waals surface area contributed by atoms with Gasteiger partial charge in [0.2, 0.25) is 0 Å². The van der Waals surface area contributed by atoms with Gasteiger partial charge in [0.25, 0.3) is 0 Å². The summed E-state index contributed by atoms with van der Waals surface area (Å²) in [4.78, 5) is 3.49. The molecule has 0 radical (unpaired) electrons. The standard InChI is InChI=1S/C13H11Cl2NO4S/c1-3-16-11-7(2)20-21(18,19)13(12(11)17)9-5-4-8(14)6-10(9)15/h3-6,17H,1-2H3/b16-3-. The van der Waals surface area contributed by atoms with Crippen LogP contribution in [0, 0.1) is 0 Å². The number of halogens is 2. The minimum Gasteiger partial charge on any atom is -0.504 e. The molecule has 5 nitrogen and oxygen atoms in total. The fourth-order valence-electron chi connectivity index (χ4n) is 1.86. The molecular weight excluding hydrogens is 337 g/mol. The van der Waals surface area contributed by atoms with E-state index in [0.717, 1.165) is 0 Å². The smallest absolute Gasteiger partial charge is 0.343 e. The summed E-state index contributed by atoms with van der Waals surface area (Å²) in [6, 6.07) is 4.24. The third kappa shape index (κ3) is 2.92. The Morgan fingerprint density at radius 2 is 2.00 bits per heavy atom. The molecule has 21 heavy (non-hydrogen) atoms. The van der Waals surface area contributed by atoms with Crippen molar-refractivity contribution >= 4 is 44.4 Å². The lowest BCUT2D eigenvalue weighted by molar-refractivity contribution is 0.377. The van der Waals surface area contributed by atoms with Gasteiger partial charge >= 0.3 is 10.1 Å². The van der Waals surface area contributed by atoms with E-state index in [9.17, 15) is 13.5 Å². The first-order valence-corrected chi connectivity index (χ1v) is 7.97. The molecule has 1 N–H and O–H groups in total. The quantitative estimate of drug-likeness (QED) is 0.650. The first-order valence-electron chi connectivity index (χ1n) is 5.81. The zero-order valence-electron chi connectivity index (χ0n) is 11.1. The summed E-state index contributed by atoms with van der Waals surface area (Å²) < 4.78 is 29.2. The summed E-state index contributed by atoms with van der Waals surface area (Å²) in [5.74, 6) is -0.527. The van der Waals surface area contributed by atoms with E-state index in [-0.39, 0.29) is 22.0 Å². The van der Waals surface area contributed by atoms with Gasteiger partial charge in [-0.2, -0.15) is 8.42 Å². The van der Waals surface area contributed by atoms with Crippen LogP contribution in [-0.2, 0) is 14.3 Å². The predicted octanol–water partition coefficient (Wildman–Crippen LogP) is 3.90. The van der Waals surface area contributed by atoms with Gasteiger partial charge in [-0.25, -0.2) is 0 Å². The molecule has 1 aromatic rings. The maximum atomic E-state index is 12.2. The van der Waals surface area contributed by atoms with Gasteiger partial charge in [0.05, 0.1) is 5.02 Å². The van der Waals surface area contributed by atoms with E-state index in [1.54, 1.807) is 6.92 Å². The summed E-state index contributed by atoms with van der Waals surface area (Å²) in [6.07, 6.45) is 1.41. The van der Waals surface area contributed by atoms with Crippen molar-refractivity contribution < 1.29 is 17.7 Å². The number of hydrogen-bond donors (Lipinski definition) is 1. The SMILES string of the molecule is C/C=N\C1=C(C)OS(=O)(=O)C(c2ccc(Cl)cc2Cl)=C1O. The average Bonchev–Trinajstić information content (AvgIpc) is 2.36. The first-order chi connectivity index (χ1) is 9.77. The molecular formula is C13H11Cl2NO4S. The molecule has 8 heteroatoms. The summed E-state index contributed by atoms with van der Waals surface area (Å²) >= 11 is 11.8. The Morgan fingerprint density at radius 1 is 1.33 bits per heavy atom. The molecule has 0 amide bonds. The highest BCUT2D eigenvalue weighted by atomic mass is 35.5. The molecule has 0 bridgehead atoms. The van der Waals surface area contributed by atoms with E-state index in [0.29, 0.717) is 5.02 Å². The maximum Gasteiger partial charge on any atom is 0.343 e. The van der Waals surface area contributed by atoms with Gasteiger partial charge in [0, 0.05) is 16.8 Å². The van der Waals surface area contributed by atoms with E-state index in [1.165, 1.54) is 31.3 Å². The zero-order chi connectivity index (χ0) is 15.8. The minimum absolute atomic E-state index is 0.0144. The molecule has 0 unspecified atom stereocenters. The predicted molar refractivity (Wildman–Crippen MR) is 82.9 cm³/mol. The lowest BCUT2D eigenvalue weighted by atomic mass is 10.1. The van der Waals surface area contributed by atoms with Gasteiger partial charge in [-0.05, 0) is 26.0 Å². The first kappa shape index (κ1) is 15.9. The third-order valence-corrected chi connectivity index (χ3v) is 4.62. The highest BCUT2D eigenvalue weighted by Gasteiger charge is 2.35. The number of aliphatic hydroxyl groups is 1. The van der Waals surface area contributed by atoms with Gasteiger partial charge in [-0.15, -0.1) is 0 Å². The van der Waals surface area contributed by atoms with Crippen LogP contribution in [0.25, 0.3) is 4.91 Å². The summed E-state index contributed by atoms with van der Waals surface area (Å²) in [5.41, 5.74) is 0.128. The van der Waals surface area contributed by atoms with Crippen LogP contribution in [0.2, 0.25) is 10.0 Å². The number of hydrogen-bond acceptors (Lipinski definition) is 5. The molecule has 0 saturated carbocycles. The molecule has 1 aromatic carbocycles. The van der Waals surface area contributed by atoms with Crippen LogP contribution in [0.1, 0.15) is 19.4 Å². The van der Waals surface area contributed by atoms with Gasteiger partial charge in [0.15, 0.2) is 10.7 Å². The molecule has 1 heterocycles. The fraction of sp³-hybridized carbons (Fsp3) is 0.154. The van der Waals surface area contributed by atoms with E-state index in [4.69, 9.17) is 27.4 Å². The van der Waals surface area contributed by atoms with Crippen LogP contribution < -0.4 is 0 Å². The molecule has 0 atom stereocenters. The van der Waals surface area contributed by atoms with E-state index < -0.39 is 20.8 Å². The lowest BCUT2D eigenvalue weighted by Crippen LogP contribution is -2.16. The molecule has 0 aliphatic carbocycles. The van der Waals surface area contributed by atoms with Crippen molar-refractivity contribution in [3.8, 4) is 0 Å². The van der Waals surface area contributed by atoms with Crippen LogP contribution in [0.3, 0.4) is 0 Å². The summed E-state index contributed by atoms with van der Waals surface area (Å²) in [7, 11) is -4.19. The number of benzene rings is 1. The molecule has 2 rings (SSSR count). The lowest BCUT2D eigenvalue weighted by Gasteiger charge is -2.20. The van der Waals surface area contributed by atoms with Crippen molar-refractivity contribution in [2.75, 3.05) is 0 Å². The van der Waals surface area contributed by atoms with Gasteiger partial charge in [-0.3, -0.25) is 4.99 Å².